The second-order valence-corrected chi connectivity index (χ2v) is 7.21. The fourth-order valence-electron chi connectivity index (χ4n) is 2.83. The summed E-state index contributed by atoms with van der Waals surface area (Å²) >= 11 is 1.34. The van der Waals surface area contributed by atoms with Crippen molar-refractivity contribution in [2.24, 2.45) is 0 Å². The highest BCUT2D eigenvalue weighted by Crippen LogP contribution is 2.17. The van der Waals surface area contributed by atoms with Crippen LogP contribution in [-0.2, 0) is 6.54 Å². The fraction of sp³-hybridized carbons (Fsp3) is 0.0870. The maximum atomic E-state index is 12.7. The average Bonchev–Trinajstić information content (AvgIpc) is 3.42. The number of pyridine rings is 1. The molecule has 0 aliphatic heterocycles. The number of amides is 1. The number of nitrogens with zero attached hydrogens (tertiary/aromatic N) is 3. The molecular weight excluding hydrogens is 396 g/mol. The molecule has 1 amide bonds. The Kier molecular flexibility index (Phi) is 5.88. The molecule has 6 nitrogen and oxygen atoms in total. The summed E-state index contributed by atoms with van der Waals surface area (Å²) in [7, 11) is 1.62. The van der Waals surface area contributed by atoms with Crippen LogP contribution in [0.3, 0.4) is 0 Å². The maximum Gasteiger partial charge on any atom is 0.274 e. The van der Waals surface area contributed by atoms with Gasteiger partial charge in [-0.05, 0) is 53.9 Å². The van der Waals surface area contributed by atoms with Gasteiger partial charge in [0.15, 0.2) is 5.13 Å². The molecule has 0 spiro atoms. The van der Waals surface area contributed by atoms with Gasteiger partial charge >= 0.3 is 0 Å². The summed E-state index contributed by atoms with van der Waals surface area (Å²) in [6.45, 7) is 0.591. The molecule has 0 bridgehead atoms. The lowest BCUT2D eigenvalue weighted by Gasteiger charge is -2.08. The highest BCUT2D eigenvalue weighted by molar-refractivity contribution is 7.14. The molecule has 0 atom stereocenters. The number of ether oxygens (including phenoxy) is 1. The van der Waals surface area contributed by atoms with Gasteiger partial charge in [0, 0.05) is 36.1 Å². The van der Waals surface area contributed by atoms with E-state index in [-0.39, 0.29) is 5.91 Å². The first kappa shape index (κ1) is 19.4. The van der Waals surface area contributed by atoms with Gasteiger partial charge in [0.25, 0.3) is 5.91 Å². The molecule has 3 heterocycles. The number of nitrogens with one attached hydrogen (secondary N) is 1. The molecule has 0 saturated carbocycles. The molecule has 0 unspecified atom stereocenters. The van der Waals surface area contributed by atoms with Crippen molar-refractivity contribution in [2.75, 3.05) is 12.4 Å². The van der Waals surface area contributed by atoms with Gasteiger partial charge < -0.3 is 9.30 Å². The summed E-state index contributed by atoms with van der Waals surface area (Å²) in [5, 5.41) is 5.18. The molecule has 30 heavy (non-hydrogen) atoms. The molecule has 7 heteroatoms. The van der Waals surface area contributed by atoms with Gasteiger partial charge in [-0.1, -0.05) is 12.0 Å². The summed E-state index contributed by atoms with van der Waals surface area (Å²) < 4.78 is 7.09. The Hall–Kier alpha value is -3.89. The van der Waals surface area contributed by atoms with Crippen LogP contribution in [0.5, 0.6) is 5.75 Å². The molecule has 148 valence electrons. The Bertz CT molecular complexity index is 1220. The van der Waals surface area contributed by atoms with Crippen LogP contribution in [-0.4, -0.2) is 27.6 Å². The van der Waals surface area contributed by atoms with Crippen molar-refractivity contribution >= 4 is 22.4 Å². The molecule has 0 saturated heterocycles. The molecule has 0 aliphatic carbocycles. The number of benzene rings is 1. The van der Waals surface area contributed by atoms with Crippen molar-refractivity contribution in [1.29, 1.82) is 0 Å². The van der Waals surface area contributed by atoms with Crippen LogP contribution < -0.4 is 10.1 Å². The number of rotatable bonds is 5. The molecule has 4 rings (SSSR count). The van der Waals surface area contributed by atoms with E-state index in [2.05, 4.69) is 27.1 Å². The zero-order valence-corrected chi connectivity index (χ0v) is 17.0. The van der Waals surface area contributed by atoms with E-state index < -0.39 is 0 Å². The van der Waals surface area contributed by atoms with E-state index in [1.165, 1.54) is 11.3 Å². The number of hydrogen-bond donors (Lipinski definition) is 1. The van der Waals surface area contributed by atoms with Gasteiger partial charge in [0.05, 0.1) is 7.11 Å². The SMILES string of the molecule is COc1cccc(C#Cc2csc(NC(=O)c3cccn3Cc3ccncc3)n2)c1. The molecule has 3 aromatic heterocycles. The summed E-state index contributed by atoms with van der Waals surface area (Å²) in [5.74, 6) is 6.61. The minimum atomic E-state index is -0.212. The van der Waals surface area contributed by atoms with Crippen LogP contribution in [0, 0.1) is 11.8 Å². The summed E-state index contributed by atoms with van der Waals surface area (Å²) in [6, 6.07) is 15.0. The topological polar surface area (TPSA) is 69.0 Å². The zero-order valence-electron chi connectivity index (χ0n) is 16.2. The maximum absolute atomic E-state index is 12.7. The second kappa shape index (κ2) is 9.07. The quantitative estimate of drug-likeness (QED) is 0.500. The largest absolute Gasteiger partial charge is 0.497 e. The third-order valence-corrected chi connectivity index (χ3v) is 5.05. The highest BCUT2D eigenvalue weighted by atomic mass is 32.1. The number of carbonyl (C=O) groups excluding carboxylic acids is 1. The Labute approximate surface area is 178 Å². The molecule has 0 aliphatic rings. The van der Waals surface area contributed by atoms with Crippen molar-refractivity contribution < 1.29 is 9.53 Å². The van der Waals surface area contributed by atoms with E-state index in [0.717, 1.165) is 16.9 Å². The molecule has 4 aromatic rings. The third kappa shape index (κ3) is 4.74. The molecule has 0 radical (unpaired) electrons. The van der Waals surface area contributed by atoms with Crippen LogP contribution in [0.1, 0.15) is 27.3 Å². The van der Waals surface area contributed by atoms with Crippen LogP contribution in [0.2, 0.25) is 0 Å². The zero-order chi connectivity index (χ0) is 20.8. The van der Waals surface area contributed by atoms with Crippen LogP contribution in [0.25, 0.3) is 0 Å². The first-order valence-electron chi connectivity index (χ1n) is 9.18. The minimum absolute atomic E-state index is 0.212. The van der Waals surface area contributed by atoms with Crippen molar-refractivity contribution in [3.8, 4) is 17.6 Å². The number of thiazole rings is 1. The van der Waals surface area contributed by atoms with Gasteiger partial charge in [-0.3, -0.25) is 15.1 Å². The number of methoxy groups -OCH3 is 1. The van der Waals surface area contributed by atoms with E-state index in [9.17, 15) is 4.79 Å². The summed E-state index contributed by atoms with van der Waals surface area (Å²) in [5.41, 5.74) is 3.07. The smallest absolute Gasteiger partial charge is 0.274 e. The van der Waals surface area contributed by atoms with E-state index in [1.807, 2.05) is 58.6 Å². The molecule has 0 fully saturated rings. The predicted octanol–water partition coefficient (Wildman–Crippen LogP) is 4.05. The molecular formula is C23H18N4O2S. The van der Waals surface area contributed by atoms with Gasteiger partial charge in [0.2, 0.25) is 0 Å². The van der Waals surface area contributed by atoms with Crippen molar-refractivity contribution in [2.45, 2.75) is 6.54 Å². The van der Waals surface area contributed by atoms with E-state index in [1.54, 1.807) is 25.6 Å². The van der Waals surface area contributed by atoms with Gasteiger partial charge in [-0.25, -0.2) is 4.98 Å². The van der Waals surface area contributed by atoms with Crippen LogP contribution in [0.4, 0.5) is 5.13 Å². The monoisotopic (exact) mass is 414 g/mol. The van der Waals surface area contributed by atoms with Gasteiger partial charge in [0.1, 0.15) is 17.1 Å². The summed E-state index contributed by atoms with van der Waals surface area (Å²) in [6.07, 6.45) is 5.35. The minimum Gasteiger partial charge on any atom is -0.497 e. The Morgan fingerprint density at radius 2 is 2.03 bits per heavy atom. The molecule has 1 aromatic carbocycles. The normalized spacial score (nSPS) is 10.2. The van der Waals surface area contributed by atoms with Crippen LogP contribution in [0.15, 0.2) is 72.5 Å². The second-order valence-electron chi connectivity index (χ2n) is 6.35. The van der Waals surface area contributed by atoms with Crippen molar-refractivity contribution in [3.63, 3.8) is 0 Å². The van der Waals surface area contributed by atoms with Crippen LogP contribution >= 0.6 is 11.3 Å². The first-order valence-corrected chi connectivity index (χ1v) is 10.1. The van der Waals surface area contributed by atoms with E-state index in [4.69, 9.17) is 4.74 Å². The van der Waals surface area contributed by atoms with Gasteiger partial charge in [-0.15, -0.1) is 11.3 Å². The Morgan fingerprint density at radius 3 is 2.87 bits per heavy atom. The number of hydrogen-bond acceptors (Lipinski definition) is 5. The van der Waals surface area contributed by atoms with E-state index >= 15 is 0 Å². The van der Waals surface area contributed by atoms with Crippen molar-refractivity contribution in [1.82, 2.24) is 14.5 Å². The number of anilines is 1. The predicted molar refractivity (Wildman–Crippen MR) is 117 cm³/mol. The average molecular weight is 414 g/mol. The first-order chi connectivity index (χ1) is 14.7. The Balaban J connectivity index is 1.44. The van der Waals surface area contributed by atoms with Crippen molar-refractivity contribution in [3.05, 3.63) is 95.0 Å². The number of carbonyl (C=O) groups is 1. The lowest BCUT2D eigenvalue weighted by molar-refractivity contribution is 0.101. The summed E-state index contributed by atoms with van der Waals surface area (Å²) in [4.78, 5) is 21.1. The lowest BCUT2D eigenvalue weighted by Crippen LogP contribution is -2.17. The molecule has 1 N–H and O–H groups in total. The van der Waals surface area contributed by atoms with E-state index in [0.29, 0.717) is 23.1 Å². The van der Waals surface area contributed by atoms with Gasteiger partial charge in [-0.2, -0.15) is 0 Å². The standard InChI is InChI=1S/C23H18N4O2S/c1-29-20-5-2-4-17(14-20)7-8-19-16-30-23(25-19)26-22(28)21-6-3-13-27(21)15-18-9-11-24-12-10-18/h2-6,9-14,16H,15H2,1H3,(H,25,26,28). The lowest BCUT2D eigenvalue weighted by atomic mass is 10.2. The Morgan fingerprint density at radius 1 is 1.17 bits per heavy atom. The fourth-order valence-corrected chi connectivity index (χ4v) is 3.47. The highest BCUT2D eigenvalue weighted by Gasteiger charge is 2.13. The number of aromatic nitrogens is 3. The third-order valence-electron chi connectivity index (χ3n) is 4.29.